The molecule has 0 aliphatic heterocycles. The number of unbranched alkanes of at least 4 members (excludes halogenated alkanes) is 4. The molecular formula is C17H27NO2. The van der Waals surface area contributed by atoms with E-state index in [0.717, 1.165) is 25.1 Å². The molecule has 1 N–H and O–H groups in total. The third-order valence-corrected chi connectivity index (χ3v) is 3.42. The molecule has 0 spiro atoms. The second-order valence-electron chi connectivity index (χ2n) is 5.07. The lowest BCUT2D eigenvalue weighted by molar-refractivity contribution is -0.120. The minimum atomic E-state index is 0.156. The number of methoxy groups -OCH3 is 1. The highest BCUT2D eigenvalue weighted by Gasteiger charge is 1.98. The molecule has 0 atom stereocenters. The molecule has 20 heavy (non-hydrogen) atoms. The van der Waals surface area contributed by atoms with Crippen molar-refractivity contribution in [2.75, 3.05) is 13.7 Å². The van der Waals surface area contributed by atoms with E-state index in [9.17, 15) is 4.79 Å². The lowest BCUT2D eigenvalue weighted by atomic mass is 10.1. The highest BCUT2D eigenvalue weighted by Crippen LogP contribution is 2.15. The molecule has 1 aromatic rings. The van der Waals surface area contributed by atoms with Gasteiger partial charge >= 0.3 is 0 Å². The van der Waals surface area contributed by atoms with Crippen LogP contribution in [-0.4, -0.2) is 19.6 Å². The Balaban J connectivity index is 2.00. The molecule has 0 fully saturated rings. The average Bonchev–Trinajstić information content (AvgIpc) is 2.49. The van der Waals surface area contributed by atoms with Crippen molar-refractivity contribution in [3.8, 4) is 5.75 Å². The lowest BCUT2D eigenvalue weighted by Crippen LogP contribution is -2.23. The van der Waals surface area contributed by atoms with Crippen LogP contribution >= 0.6 is 0 Å². The van der Waals surface area contributed by atoms with Crippen molar-refractivity contribution >= 4 is 5.91 Å². The van der Waals surface area contributed by atoms with Gasteiger partial charge < -0.3 is 10.1 Å². The summed E-state index contributed by atoms with van der Waals surface area (Å²) in [4.78, 5) is 11.0. The maximum atomic E-state index is 11.0. The first kappa shape index (κ1) is 16.5. The van der Waals surface area contributed by atoms with Crippen LogP contribution in [0.4, 0.5) is 0 Å². The summed E-state index contributed by atoms with van der Waals surface area (Å²) in [5.74, 6) is 1.09. The van der Waals surface area contributed by atoms with Crippen LogP contribution in [0.5, 0.6) is 5.75 Å². The van der Waals surface area contributed by atoms with Crippen molar-refractivity contribution in [3.05, 3.63) is 29.8 Å². The van der Waals surface area contributed by atoms with Crippen LogP contribution in [0.2, 0.25) is 0 Å². The van der Waals surface area contributed by atoms with E-state index in [1.54, 1.807) is 7.11 Å². The first-order valence-corrected chi connectivity index (χ1v) is 7.66. The van der Waals surface area contributed by atoms with Crippen LogP contribution in [0.25, 0.3) is 0 Å². The SMILES string of the molecule is CCC(=O)NCCCCCCCc1cccc(OC)c1. The number of carbonyl (C=O) groups is 1. The largest absolute Gasteiger partial charge is 0.497 e. The van der Waals surface area contributed by atoms with E-state index >= 15 is 0 Å². The van der Waals surface area contributed by atoms with E-state index in [-0.39, 0.29) is 5.91 Å². The van der Waals surface area contributed by atoms with E-state index in [1.807, 2.05) is 19.1 Å². The zero-order valence-electron chi connectivity index (χ0n) is 12.8. The number of hydrogen-bond acceptors (Lipinski definition) is 2. The Bertz CT molecular complexity index is 390. The molecule has 0 heterocycles. The van der Waals surface area contributed by atoms with Crippen LogP contribution in [0.1, 0.15) is 51.0 Å². The van der Waals surface area contributed by atoms with Crippen molar-refractivity contribution in [1.82, 2.24) is 5.32 Å². The zero-order valence-corrected chi connectivity index (χ0v) is 12.8. The number of ether oxygens (including phenoxy) is 1. The quantitative estimate of drug-likeness (QED) is 0.662. The van der Waals surface area contributed by atoms with Crippen molar-refractivity contribution in [3.63, 3.8) is 0 Å². The monoisotopic (exact) mass is 277 g/mol. The Hall–Kier alpha value is -1.51. The highest BCUT2D eigenvalue weighted by molar-refractivity contribution is 5.75. The Kier molecular flexibility index (Phi) is 8.52. The van der Waals surface area contributed by atoms with Gasteiger partial charge in [-0.2, -0.15) is 0 Å². The summed E-state index contributed by atoms with van der Waals surface area (Å²) in [6.45, 7) is 2.70. The summed E-state index contributed by atoms with van der Waals surface area (Å²) in [6.07, 6.45) is 7.69. The Morgan fingerprint density at radius 2 is 1.90 bits per heavy atom. The molecule has 0 unspecified atom stereocenters. The Labute approximate surface area is 122 Å². The standard InChI is InChI=1S/C17H27NO2/c1-3-17(19)18-13-8-6-4-5-7-10-15-11-9-12-16(14-15)20-2/h9,11-12,14H,3-8,10,13H2,1-2H3,(H,18,19). The molecule has 0 saturated heterocycles. The van der Waals surface area contributed by atoms with Crippen molar-refractivity contribution in [2.24, 2.45) is 0 Å². The van der Waals surface area contributed by atoms with Crippen LogP contribution in [0.3, 0.4) is 0 Å². The third-order valence-electron chi connectivity index (χ3n) is 3.42. The summed E-state index contributed by atoms with van der Waals surface area (Å²) < 4.78 is 5.22. The molecule has 0 aromatic heterocycles. The Morgan fingerprint density at radius 1 is 1.15 bits per heavy atom. The third kappa shape index (κ3) is 7.17. The van der Waals surface area contributed by atoms with E-state index < -0.39 is 0 Å². The second-order valence-corrected chi connectivity index (χ2v) is 5.07. The van der Waals surface area contributed by atoms with Gasteiger partial charge in [0.15, 0.2) is 0 Å². The molecule has 1 aromatic carbocycles. The highest BCUT2D eigenvalue weighted by atomic mass is 16.5. The molecule has 0 bridgehead atoms. The van der Waals surface area contributed by atoms with E-state index in [0.29, 0.717) is 6.42 Å². The summed E-state index contributed by atoms with van der Waals surface area (Å²) in [5, 5.41) is 2.91. The van der Waals surface area contributed by atoms with Gasteiger partial charge in [0, 0.05) is 13.0 Å². The van der Waals surface area contributed by atoms with Crippen LogP contribution in [0.15, 0.2) is 24.3 Å². The Morgan fingerprint density at radius 3 is 2.65 bits per heavy atom. The topological polar surface area (TPSA) is 38.3 Å². The van der Waals surface area contributed by atoms with Gasteiger partial charge in [0.25, 0.3) is 0 Å². The van der Waals surface area contributed by atoms with Gasteiger partial charge in [-0.1, -0.05) is 38.3 Å². The summed E-state index contributed by atoms with van der Waals surface area (Å²) in [5.41, 5.74) is 1.35. The lowest BCUT2D eigenvalue weighted by Gasteiger charge is -2.05. The fourth-order valence-corrected chi connectivity index (χ4v) is 2.17. The fourth-order valence-electron chi connectivity index (χ4n) is 2.17. The molecule has 0 aliphatic carbocycles. The van der Waals surface area contributed by atoms with Gasteiger partial charge in [0.05, 0.1) is 7.11 Å². The van der Waals surface area contributed by atoms with Crippen LogP contribution < -0.4 is 10.1 Å². The predicted octanol–water partition coefficient (Wildman–Crippen LogP) is 3.71. The van der Waals surface area contributed by atoms with E-state index in [1.165, 1.54) is 31.2 Å². The van der Waals surface area contributed by atoms with E-state index in [4.69, 9.17) is 4.74 Å². The number of rotatable bonds is 10. The zero-order chi connectivity index (χ0) is 14.6. The molecule has 0 aliphatic rings. The van der Waals surface area contributed by atoms with Crippen molar-refractivity contribution in [2.45, 2.75) is 51.9 Å². The van der Waals surface area contributed by atoms with E-state index in [2.05, 4.69) is 17.4 Å². The summed E-state index contributed by atoms with van der Waals surface area (Å²) in [7, 11) is 1.70. The van der Waals surface area contributed by atoms with Crippen molar-refractivity contribution in [1.29, 1.82) is 0 Å². The average molecular weight is 277 g/mol. The molecule has 1 amide bonds. The molecule has 3 heteroatoms. The molecule has 1 rings (SSSR count). The second kappa shape index (κ2) is 10.3. The number of benzene rings is 1. The first-order valence-electron chi connectivity index (χ1n) is 7.66. The summed E-state index contributed by atoms with van der Waals surface area (Å²) >= 11 is 0. The predicted molar refractivity (Wildman–Crippen MR) is 83.1 cm³/mol. The molecule has 0 saturated carbocycles. The van der Waals surface area contributed by atoms with Gasteiger partial charge in [-0.05, 0) is 37.0 Å². The van der Waals surface area contributed by atoms with Gasteiger partial charge in [0.1, 0.15) is 5.75 Å². The maximum Gasteiger partial charge on any atom is 0.219 e. The number of hydrogen-bond donors (Lipinski definition) is 1. The van der Waals surface area contributed by atoms with Crippen LogP contribution in [0, 0.1) is 0 Å². The van der Waals surface area contributed by atoms with Gasteiger partial charge in [-0.25, -0.2) is 0 Å². The first-order chi connectivity index (χ1) is 9.76. The van der Waals surface area contributed by atoms with Gasteiger partial charge in [0.2, 0.25) is 5.91 Å². The summed E-state index contributed by atoms with van der Waals surface area (Å²) in [6, 6.07) is 8.29. The number of amides is 1. The smallest absolute Gasteiger partial charge is 0.219 e. The number of nitrogens with one attached hydrogen (secondary N) is 1. The van der Waals surface area contributed by atoms with Gasteiger partial charge in [-0.3, -0.25) is 4.79 Å². The fraction of sp³-hybridized carbons (Fsp3) is 0.588. The van der Waals surface area contributed by atoms with Crippen LogP contribution in [-0.2, 0) is 11.2 Å². The molecule has 3 nitrogen and oxygen atoms in total. The molecular weight excluding hydrogens is 250 g/mol. The van der Waals surface area contributed by atoms with Crippen molar-refractivity contribution < 1.29 is 9.53 Å². The van der Waals surface area contributed by atoms with Gasteiger partial charge in [-0.15, -0.1) is 0 Å². The molecule has 112 valence electrons. The minimum absolute atomic E-state index is 0.156. The number of aryl methyl sites for hydroxylation is 1. The normalized spacial score (nSPS) is 10.3. The number of carbonyl (C=O) groups excluding carboxylic acids is 1. The minimum Gasteiger partial charge on any atom is -0.497 e. The molecule has 0 radical (unpaired) electrons. The maximum absolute atomic E-state index is 11.0.